The molecule has 0 unspecified atom stereocenters. The quantitative estimate of drug-likeness (QED) is 0.846. The van der Waals surface area contributed by atoms with Crippen LogP contribution in [0.5, 0.6) is 11.5 Å². The molecular weight excluding hydrogens is 342 g/mol. The third kappa shape index (κ3) is 5.45. The lowest BCUT2D eigenvalue weighted by molar-refractivity contribution is -0.125. The van der Waals surface area contributed by atoms with Gasteiger partial charge in [0.05, 0.1) is 25.4 Å². The highest BCUT2D eigenvalue weighted by molar-refractivity contribution is 5.84. The van der Waals surface area contributed by atoms with Crippen LogP contribution in [-0.2, 0) is 9.53 Å². The van der Waals surface area contributed by atoms with Crippen LogP contribution < -0.4 is 15.2 Å². The molecule has 2 aliphatic rings. The van der Waals surface area contributed by atoms with Crippen LogP contribution >= 0.6 is 0 Å². The van der Waals surface area contributed by atoms with Gasteiger partial charge in [-0.05, 0) is 62.3 Å². The van der Waals surface area contributed by atoms with Crippen molar-refractivity contribution in [2.24, 2.45) is 11.7 Å². The molecule has 5 nitrogen and oxygen atoms in total. The first-order chi connectivity index (χ1) is 13.1. The Morgan fingerprint density at radius 2 is 1.63 bits per heavy atom. The third-order valence-electron chi connectivity index (χ3n) is 5.87. The van der Waals surface area contributed by atoms with Gasteiger partial charge in [0.2, 0.25) is 0 Å². The van der Waals surface area contributed by atoms with Crippen LogP contribution in [0.1, 0.15) is 58.3 Å². The van der Waals surface area contributed by atoms with Crippen LogP contribution in [0, 0.1) is 5.92 Å². The van der Waals surface area contributed by atoms with E-state index in [9.17, 15) is 4.79 Å². The first-order valence-electron chi connectivity index (χ1n) is 10.3. The minimum Gasteiger partial charge on any atom is -0.497 e. The van der Waals surface area contributed by atoms with E-state index in [1.165, 1.54) is 12.8 Å². The Labute approximate surface area is 162 Å². The summed E-state index contributed by atoms with van der Waals surface area (Å²) in [5, 5.41) is 0. The number of methoxy groups -OCH3 is 1. The fourth-order valence-electron chi connectivity index (χ4n) is 4.24. The maximum atomic E-state index is 12.4. The van der Waals surface area contributed by atoms with Crippen LogP contribution in [0.25, 0.3) is 0 Å². The number of benzene rings is 1. The average molecular weight is 376 g/mol. The molecule has 0 heterocycles. The van der Waals surface area contributed by atoms with E-state index in [2.05, 4.69) is 6.92 Å². The predicted molar refractivity (Wildman–Crippen MR) is 105 cm³/mol. The van der Waals surface area contributed by atoms with E-state index in [1.807, 2.05) is 24.3 Å². The number of ketones is 1. The predicted octanol–water partition coefficient (Wildman–Crippen LogP) is 3.88. The summed E-state index contributed by atoms with van der Waals surface area (Å²) in [7, 11) is 1.65. The standard InChI is InChI=1S/C22H33NO4/c1-15-14-20(24)19(23)8-5-9-21(22(15)27-17-6-3-4-7-17)26-18-12-10-16(25-2)11-13-18/h10-13,15,17,19,21-22H,3-9,14,23H2,1-2H3/t15-,19+,21+,22+/m1/s1. The summed E-state index contributed by atoms with van der Waals surface area (Å²) in [5.41, 5.74) is 6.07. The molecule has 0 spiro atoms. The molecule has 0 saturated heterocycles. The summed E-state index contributed by atoms with van der Waals surface area (Å²) in [6.07, 6.45) is 7.64. The van der Waals surface area contributed by atoms with Gasteiger partial charge in [0.1, 0.15) is 23.4 Å². The van der Waals surface area contributed by atoms with Crippen molar-refractivity contribution in [3.8, 4) is 11.5 Å². The van der Waals surface area contributed by atoms with Crippen LogP contribution in [0.15, 0.2) is 24.3 Å². The molecule has 2 saturated carbocycles. The Morgan fingerprint density at radius 3 is 2.30 bits per heavy atom. The van der Waals surface area contributed by atoms with Crippen molar-refractivity contribution in [2.45, 2.75) is 82.6 Å². The smallest absolute Gasteiger partial charge is 0.149 e. The van der Waals surface area contributed by atoms with Crippen molar-refractivity contribution in [3.63, 3.8) is 0 Å². The largest absolute Gasteiger partial charge is 0.497 e. The fourth-order valence-corrected chi connectivity index (χ4v) is 4.24. The second kappa shape index (κ2) is 9.56. The topological polar surface area (TPSA) is 70.8 Å². The van der Waals surface area contributed by atoms with E-state index < -0.39 is 0 Å². The number of hydrogen-bond acceptors (Lipinski definition) is 5. The Balaban J connectivity index is 1.78. The van der Waals surface area contributed by atoms with Crippen LogP contribution in [-0.4, -0.2) is 37.2 Å². The summed E-state index contributed by atoms with van der Waals surface area (Å²) in [6.45, 7) is 2.10. The Morgan fingerprint density at radius 1 is 0.963 bits per heavy atom. The van der Waals surface area contributed by atoms with Crippen molar-refractivity contribution in [3.05, 3.63) is 24.3 Å². The lowest BCUT2D eigenvalue weighted by Crippen LogP contribution is -2.42. The molecule has 5 heteroatoms. The van der Waals surface area contributed by atoms with Crippen molar-refractivity contribution < 1.29 is 19.0 Å². The zero-order valence-corrected chi connectivity index (χ0v) is 16.6. The third-order valence-corrected chi connectivity index (χ3v) is 5.87. The monoisotopic (exact) mass is 375 g/mol. The van der Waals surface area contributed by atoms with Crippen molar-refractivity contribution in [1.29, 1.82) is 0 Å². The lowest BCUT2D eigenvalue weighted by atomic mass is 9.92. The Kier molecular flexibility index (Phi) is 7.13. The highest BCUT2D eigenvalue weighted by Gasteiger charge is 2.35. The minimum atomic E-state index is -0.362. The van der Waals surface area contributed by atoms with Gasteiger partial charge in [-0.25, -0.2) is 0 Å². The molecule has 150 valence electrons. The van der Waals surface area contributed by atoms with E-state index in [0.717, 1.165) is 37.2 Å². The zero-order chi connectivity index (χ0) is 19.2. The van der Waals surface area contributed by atoms with E-state index in [0.29, 0.717) is 12.8 Å². The molecule has 1 aromatic rings. The second-order valence-corrected chi connectivity index (χ2v) is 8.02. The maximum absolute atomic E-state index is 12.4. The van der Waals surface area contributed by atoms with Gasteiger partial charge in [0, 0.05) is 6.42 Å². The summed E-state index contributed by atoms with van der Waals surface area (Å²) in [6, 6.07) is 7.30. The highest BCUT2D eigenvalue weighted by atomic mass is 16.5. The molecular formula is C22H33NO4. The number of rotatable bonds is 5. The van der Waals surface area contributed by atoms with Gasteiger partial charge in [-0.1, -0.05) is 19.8 Å². The van der Waals surface area contributed by atoms with E-state index in [1.54, 1.807) is 7.11 Å². The van der Waals surface area contributed by atoms with Crippen molar-refractivity contribution in [2.75, 3.05) is 7.11 Å². The number of carbonyl (C=O) groups is 1. The molecule has 1 aromatic carbocycles. The molecule has 0 amide bonds. The van der Waals surface area contributed by atoms with Crippen LogP contribution in [0.2, 0.25) is 0 Å². The van der Waals surface area contributed by atoms with Gasteiger partial charge in [0.25, 0.3) is 0 Å². The van der Waals surface area contributed by atoms with Gasteiger partial charge in [-0.15, -0.1) is 0 Å². The normalized spacial score (nSPS) is 30.4. The molecule has 4 atom stereocenters. The molecule has 2 fully saturated rings. The van der Waals surface area contributed by atoms with Gasteiger partial charge in [0.15, 0.2) is 0 Å². The molecule has 0 bridgehead atoms. The van der Waals surface area contributed by atoms with E-state index >= 15 is 0 Å². The maximum Gasteiger partial charge on any atom is 0.149 e. The number of nitrogens with two attached hydrogens (primary N) is 1. The highest BCUT2D eigenvalue weighted by Crippen LogP contribution is 2.31. The second-order valence-electron chi connectivity index (χ2n) is 8.02. The number of hydrogen-bond donors (Lipinski definition) is 1. The number of carbonyl (C=O) groups excluding carboxylic acids is 1. The van der Waals surface area contributed by atoms with Crippen LogP contribution in [0.4, 0.5) is 0 Å². The molecule has 2 N–H and O–H groups in total. The molecule has 0 radical (unpaired) electrons. The lowest BCUT2D eigenvalue weighted by Gasteiger charge is -2.33. The van der Waals surface area contributed by atoms with Crippen LogP contribution in [0.3, 0.4) is 0 Å². The number of Topliss-reactive ketones (excluding diaryl/α,β-unsaturated/α-hetero) is 1. The van der Waals surface area contributed by atoms with E-state index in [4.69, 9.17) is 19.9 Å². The van der Waals surface area contributed by atoms with Gasteiger partial charge in [-0.2, -0.15) is 0 Å². The molecule has 27 heavy (non-hydrogen) atoms. The first kappa shape index (κ1) is 20.2. The van der Waals surface area contributed by atoms with E-state index in [-0.39, 0.29) is 36.1 Å². The zero-order valence-electron chi connectivity index (χ0n) is 16.6. The fraction of sp³-hybridized carbons (Fsp3) is 0.682. The SMILES string of the molecule is COc1ccc(O[C@H]2CCC[C@H](N)C(=O)C[C@@H](C)[C@@H]2OC2CCCC2)cc1. The molecule has 2 aliphatic carbocycles. The van der Waals surface area contributed by atoms with Gasteiger partial charge < -0.3 is 19.9 Å². The van der Waals surface area contributed by atoms with Crippen molar-refractivity contribution >= 4 is 5.78 Å². The van der Waals surface area contributed by atoms with Gasteiger partial charge >= 0.3 is 0 Å². The summed E-state index contributed by atoms with van der Waals surface area (Å²) in [5.74, 6) is 1.85. The molecule has 0 aromatic heterocycles. The average Bonchev–Trinajstić information content (AvgIpc) is 3.19. The summed E-state index contributed by atoms with van der Waals surface area (Å²) in [4.78, 5) is 12.4. The van der Waals surface area contributed by atoms with Gasteiger partial charge in [-0.3, -0.25) is 4.79 Å². The van der Waals surface area contributed by atoms with Crippen molar-refractivity contribution in [1.82, 2.24) is 0 Å². The Hall–Kier alpha value is -1.59. The Bertz CT molecular complexity index is 597. The molecule has 3 rings (SSSR count). The summed E-state index contributed by atoms with van der Waals surface area (Å²) >= 11 is 0. The first-order valence-corrected chi connectivity index (χ1v) is 10.3. The minimum absolute atomic E-state index is 0.0768. The number of ether oxygens (including phenoxy) is 3. The summed E-state index contributed by atoms with van der Waals surface area (Å²) < 4.78 is 18.1. The molecule has 0 aliphatic heterocycles.